The summed E-state index contributed by atoms with van der Waals surface area (Å²) in [5.41, 5.74) is -0.283. The molecule has 58 valence electrons. The van der Waals surface area contributed by atoms with Gasteiger partial charge in [0.1, 0.15) is 11.5 Å². The summed E-state index contributed by atoms with van der Waals surface area (Å²) in [6, 6.07) is 3.85. The molecule has 0 N–H and O–H groups in total. The first-order valence-corrected chi connectivity index (χ1v) is 3.61. The molecule has 0 amide bonds. The molecule has 1 rings (SSSR count). The van der Waals surface area contributed by atoms with E-state index in [9.17, 15) is 0 Å². The van der Waals surface area contributed by atoms with E-state index in [4.69, 9.17) is 10.8 Å². The van der Waals surface area contributed by atoms with Crippen LogP contribution in [0.5, 0.6) is 0 Å². The van der Waals surface area contributed by atoms with Crippen molar-refractivity contribution >= 4 is 0 Å². The lowest BCUT2D eigenvalue weighted by molar-refractivity contribution is 0.428. The predicted octanol–water partition coefficient (Wildman–Crippen LogP) is 2.50. The number of hydrogen-bond donors (Lipinski definition) is 0. The standard InChI is InChI=1S/C10H12O/c1-5-10(3,4)9-7-6-8(2)11-9/h1,6-7H,2-4H3. The first-order chi connectivity index (χ1) is 5.06. The normalized spacial score (nSPS) is 11.1. The van der Waals surface area contributed by atoms with Gasteiger partial charge in [-0.05, 0) is 32.9 Å². The lowest BCUT2D eigenvalue weighted by Gasteiger charge is -2.12. The van der Waals surface area contributed by atoms with E-state index in [0.717, 1.165) is 11.5 Å². The number of rotatable bonds is 1. The third kappa shape index (κ3) is 1.46. The molecule has 0 saturated carbocycles. The highest BCUT2D eigenvalue weighted by Gasteiger charge is 2.20. The van der Waals surface area contributed by atoms with Gasteiger partial charge in [0.2, 0.25) is 0 Å². The monoisotopic (exact) mass is 148 g/mol. The Labute approximate surface area is 67.4 Å². The fourth-order valence-corrected chi connectivity index (χ4v) is 0.842. The van der Waals surface area contributed by atoms with Crippen LogP contribution in [0.1, 0.15) is 25.4 Å². The zero-order chi connectivity index (χ0) is 8.48. The van der Waals surface area contributed by atoms with Gasteiger partial charge in [-0.15, -0.1) is 6.42 Å². The van der Waals surface area contributed by atoms with E-state index in [0.29, 0.717) is 0 Å². The van der Waals surface area contributed by atoms with E-state index in [1.165, 1.54) is 0 Å². The molecule has 0 radical (unpaired) electrons. The van der Waals surface area contributed by atoms with Crippen molar-refractivity contribution in [3.8, 4) is 12.3 Å². The van der Waals surface area contributed by atoms with Gasteiger partial charge in [-0.25, -0.2) is 0 Å². The maximum atomic E-state index is 5.40. The molecule has 0 saturated heterocycles. The fourth-order valence-electron chi connectivity index (χ4n) is 0.842. The average Bonchev–Trinajstić information content (AvgIpc) is 2.36. The topological polar surface area (TPSA) is 13.1 Å². The molecule has 0 unspecified atom stereocenters. The number of furan rings is 1. The minimum absolute atomic E-state index is 0.283. The van der Waals surface area contributed by atoms with Crippen molar-refractivity contribution in [2.75, 3.05) is 0 Å². The van der Waals surface area contributed by atoms with Gasteiger partial charge in [0.15, 0.2) is 0 Å². The Hall–Kier alpha value is -1.16. The van der Waals surface area contributed by atoms with Crippen LogP contribution in [0.3, 0.4) is 0 Å². The summed E-state index contributed by atoms with van der Waals surface area (Å²) >= 11 is 0. The number of aryl methyl sites for hydroxylation is 1. The second-order valence-electron chi connectivity index (χ2n) is 3.18. The van der Waals surface area contributed by atoms with Crippen LogP contribution in [0.15, 0.2) is 16.5 Å². The molecule has 1 aromatic rings. The molecule has 1 nitrogen and oxygen atoms in total. The van der Waals surface area contributed by atoms with E-state index in [1.807, 2.05) is 32.9 Å². The maximum Gasteiger partial charge on any atom is 0.121 e. The largest absolute Gasteiger partial charge is 0.465 e. The van der Waals surface area contributed by atoms with Crippen molar-refractivity contribution in [1.29, 1.82) is 0 Å². The Balaban J connectivity index is 3.04. The molecule has 0 aromatic carbocycles. The molecule has 0 aliphatic rings. The van der Waals surface area contributed by atoms with Crippen LogP contribution in [0.4, 0.5) is 0 Å². The van der Waals surface area contributed by atoms with Gasteiger partial charge in [-0.3, -0.25) is 0 Å². The van der Waals surface area contributed by atoms with Crippen molar-refractivity contribution in [2.45, 2.75) is 26.2 Å². The van der Waals surface area contributed by atoms with Crippen molar-refractivity contribution in [2.24, 2.45) is 0 Å². The zero-order valence-electron chi connectivity index (χ0n) is 7.14. The van der Waals surface area contributed by atoms with Gasteiger partial charge in [0, 0.05) is 0 Å². The van der Waals surface area contributed by atoms with Crippen LogP contribution in [-0.2, 0) is 5.41 Å². The molecule has 0 bridgehead atoms. The smallest absolute Gasteiger partial charge is 0.121 e. The Bertz CT molecular complexity index is 286. The van der Waals surface area contributed by atoms with E-state index in [1.54, 1.807) is 0 Å². The maximum absolute atomic E-state index is 5.40. The van der Waals surface area contributed by atoms with Gasteiger partial charge in [0.05, 0.1) is 5.41 Å². The van der Waals surface area contributed by atoms with Crippen LogP contribution in [0, 0.1) is 19.3 Å². The Morgan fingerprint density at radius 3 is 2.45 bits per heavy atom. The van der Waals surface area contributed by atoms with Crippen LogP contribution < -0.4 is 0 Å². The van der Waals surface area contributed by atoms with Crippen molar-refractivity contribution in [3.05, 3.63) is 23.7 Å². The summed E-state index contributed by atoms with van der Waals surface area (Å²) in [6.45, 7) is 5.84. The third-order valence-electron chi connectivity index (χ3n) is 1.72. The van der Waals surface area contributed by atoms with Gasteiger partial charge in [-0.2, -0.15) is 0 Å². The van der Waals surface area contributed by atoms with E-state index in [2.05, 4.69) is 5.92 Å². The van der Waals surface area contributed by atoms with E-state index >= 15 is 0 Å². The summed E-state index contributed by atoms with van der Waals surface area (Å²) in [5, 5.41) is 0. The third-order valence-corrected chi connectivity index (χ3v) is 1.72. The highest BCUT2D eigenvalue weighted by molar-refractivity contribution is 5.24. The highest BCUT2D eigenvalue weighted by atomic mass is 16.3. The molecule has 0 aliphatic heterocycles. The first kappa shape index (κ1) is 7.94. The summed E-state index contributed by atoms with van der Waals surface area (Å²) in [6.07, 6.45) is 5.34. The minimum atomic E-state index is -0.283. The molecule has 11 heavy (non-hydrogen) atoms. The van der Waals surface area contributed by atoms with Crippen molar-refractivity contribution in [3.63, 3.8) is 0 Å². The molecule has 1 heteroatoms. The van der Waals surface area contributed by atoms with Crippen LogP contribution >= 0.6 is 0 Å². The molecule has 0 spiro atoms. The summed E-state index contributed by atoms with van der Waals surface area (Å²) in [7, 11) is 0. The molecular weight excluding hydrogens is 136 g/mol. The minimum Gasteiger partial charge on any atom is -0.465 e. The molecule has 1 aromatic heterocycles. The average molecular weight is 148 g/mol. The van der Waals surface area contributed by atoms with E-state index < -0.39 is 0 Å². The molecule has 0 fully saturated rings. The second kappa shape index (κ2) is 2.47. The van der Waals surface area contributed by atoms with Crippen LogP contribution in [0.2, 0.25) is 0 Å². The van der Waals surface area contributed by atoms with Gasteiger partial charge < -0.3 is 4.42 Å². The summed E-state index contributed by atoms with van der Waals surface area (Å²) in [4.78, 5) is 0. The van der Waals surface area contributed by atoms with Crippen LogP contribution in [-0.4, -0.2) is 0 Å². The van der Waals surface area contributed by atoms with Gasteiger partial charge in [0.25, 0.3) is 0 Å². The van der Waals surface area contributed by atoms with Crippen LogP contribution in [0.25, 0.3) is 0 Å². The molecule has 1 heterocycles. The first-order valence-electron chi connectivity index (χ1n) is 3.61. The predicted molar refractivity (Wildman–Crippen MR) is 45.3 cm³/mol. The molecular formula is C10H12O. The van der Waals surface area contributed by atoms with Crippen molar-refractivity contribution < 1.29 is 4.42 Å². The van der Waals surface area contributed by atoms with Crippen molar-refractivity contribution in [1.82, 2.24) is 0 Å². The second-order valence-corrected chi connectivity index (χ2v) is 3.18. The molecule has 0 aliphatic carbocycles. The SMILES string of the molecule is C#CC(C)(C)c1ccc(C)o1. The fraction of sp³-hybridized carbons (Fsp3) is 0.400. The Morgan fingerprint density at radius 1 is 1.45 bits per heavy atom. The zero-order valence-corrected chi connectivity index (χ0v) is 7.14. The lowest BCUT2D eigenvalue weighted by atomic mass is 9.92. The summed E-state index contributed by atoms with van der Waals surface area (Å²) < 4.78 is 5.40. The highest BCUT2D eigenvalue weighted by Crippen LogP contribution is 2.23. The number of hydrogen-bond acceptors (Lipinski definition) is 1. The molecule has 0 atom stereocenters. The lowest BCUT2D eigenvalue weighted by Crippen LogP contribution is -2.12. The van der Waals surface area contributed by atoms with Gasteiger partial charge in [-0.1, -0.05) is 5.92 Å². The summed E-state index contributed by atoms with van der Waals surface area (Å²) in [5.74, 6) is 4.44. The van der Waals surface area contributed by atoms with E-state index in [-0.39, 0.29) is 5.41 Å². The Morgan fingerprint density at radius 2 is 2.09 bits per heavy atom. The quantitative estimate of drug-likeness (QED) is 0.558. The van der Waals surface area contributed by atoms with Gasteiger partial charge >= 0.3 is 0 Å². The Kier molecular flexibility index (Phi) is 1.78. The number of terminal acetylenes is 1.